The van der Waals surface area contributed by atoms with Gasteiger partial charge in [-0.1, -0.05) is 20.3 Å². The fraction of sp³-hybridized carbons (Fsp3) is 1.00. The van der Waals surface area contributed by atoms with Crippen molar-refractivity contribution in [2.75, 3.05) is 6.61 Å². The highest BCUT2D eigenvalue weighted by Crippen LogP contribution is 2.35. The average Bonchev–Trinajstić information content (AvgIpc) is 1.88. The molecule has 0 radical (unpaired) electrons. The van der Waals surface area contributed by atoms with E-state index in [2.05, 4.69) is 20.8 Å². The van der Waals surface area contributed by atoms with Crippen molar-refractivity contribution in [2.24, 2.45) is 5.41 Å². The van der Waals surface area contributed by atoms with Gasteiger partial charge in [0.25, 0.3) is 0 Å². The second-order valence-electron chi connectivity index (χ2n) is 3.80. The zero-order valence-corrected chi connectivity index (χ0v) is 7.31. The predicted molar refractivity (Wildman–Crippen MR) is 43.0 cm³/mol. The molecule has 0 spiro atoms. The van der Waals surface area contributed by atoms with Crippen molar-refractivity contribution in [2.45, 2.75) is 46.1 Å². The van der Waals surface area contributed by atoms with Gasteiger partial charge in [-0.15, -0.1) is 0 Å². The largest absolute Gasteiger partial charge is 0.378 e. The van der Waals surface area contributed by atoms with Crippen LogP contribution < -0.4 is 0 Å². The quantitative estimate of drug-likeness (QED) is 0.547. The van der Waals surface area contributed by atoms with Crippen LogP contribution in [0.1, 0.15) is 40.0 Å². The first-order valence-corrected chi connectivity index (χ1v) is 4.28. The van der Waals surface area contributed by atoms with Crippen LogP contribution in [0.3, 0.4) is 0 Å². The van der Waals surface area contributed by atoms with Crippen molar-refractivity contribution in [1.82, 2.24) is 0 Å². The van der Waals surface area contributed by atoms with Crippen LogP contribution in [0, 0.1) is 5.41 Å². The van der Waals surface area contributed by atoms with Gasteiger partial charge >= 0.3 is 0 Å². The minimum absolute atomic E-state index is 0.485. The van der Waals surface area contributed by atoms with Gasteiger partial charge in [0.1, 0.15) is 0 Å². The summed E-state index contributed by atoms with van der Waals surface area (Å²) < 4.78 is 5.48. The second kappa shape index (κ2) is 2.91. The molecule has 0 bridgehead atoms. The van der Waals surface area contributed by atoms with Gasteiger partial charge in [-0.3, -0.25) is 0 Å². The molecule has 1 nitrogen and oxygen atoms in total. The van der Waals surface area contributed by atoms with Crippen molar-refractivity contribution in [3.63, 3.8) is 0 Å². The Morgan fingerprint density at radius 2 is 2.30 bits per heavy atom. The van der Waals surface area contributed by atoms with Gasteiger partial charge < -0.3 is 4.74 Å². The Morgan fingerprint density at radius 1 is 1.60 bits per heavy atom. The highest BCUT2D eigenvalue weighted by molar-refractivity contribution is 4.78. The van der Waals surface area contributed by atoms with Gasteiger partial charge in [0, 0.05) is 6.61 Å². The van der Waals surface area contributed by atoms with Gasteiger partial charge in [-0.25, -0.2) is 0 Å². The lowest BCUT2D eigenvalue weighted by atomic mass is 9.78. The minimum Gasteiger partial charge on any atom is -0.378 e. The molecule has 0 aromatic heterocycles. The van der Waals surface area contributed by atoms with Crippen molar-refractivity contribution < 1.29 is 4.74 Å². The van der Waals surface area contributed by atoms with Gasteiger partial charge in [0.2, 0.25) is 0 Å². The van der Waals surface area contributed by atoms with E-state index in [1.807, 2.05) is 0 Å². The molecule has 2 unspecified atom stereocenters. The number of hydrogen-bond acceptors (Lipinski definition) is 1. The molecule has 1 aliphatic rings. The lowest BCUT2D eigenvalue weighted by molar-refractivity contribution is -0.0333. The van der Waals surface area contributed by atoms with E-state index in [4.69, 9.17) is 4.74 Å². The average molecular weight is 142 g/mol. The van der Waals surface area contributed by atoms with Gasteiger partial charge in [0.05, 0.1) is 6.10 Å². The van der Waals surface area contributed by atoms with Crippen LogP contribution in [0.25, 0.3) is 0 Å². The lowest BCUT2D eigenvalue weighted by Crippen LogP contribution is -2.30. The van der Waals surface area contributed by atoms with Gasteiger partial charge in [-0.2, -0.15) is 0 Å². The van der Waals surface area contributed by atoms with E-state index < -0.39 is 0 Å². The summed E-state index contributed by atoms with van der Waals surface area (Å²) in [6.45, 7) is 7.78. The summed E-state index contributed by atoms with van der Waals surface area (Å²) in [5.41, 5.74) is 0.567. The zero-order valence-electron chi connectivity index (χ0n) is 7.31. The lowest BCUT2D eigenvalue weighted by Gasteiger charge is -2.36. The molecule has 1 aliphatic heterocycles. The third-order valence-electron chi connectivity index (χ3n) is 2.74. The molecule has 0 amide bonds. The Kier molecular flexibility index (Phi) is 2.35. The molecule has 2 atom stereocenters. The van der Waals surface area contributed by atoms with Crippen molar-refractivity contribution in [3.8, 4) is 0 Å². The molecule has 60 valence electrons. The first-order chi connectivity index (χ1) is 4.66. The monoisotopic (exact) mass is 142 g/mol. The molecule has 1 heterocycles. The zero-order chi connectivity index (χ0) is 7.61. The highest BCUT2D eigenvalue weighted by atomic mass is 16.5. The number of ether oxygens (including phenoxy) is 1. The summed E-state index contributed by atoms with van der Waals surface area (Å²) in [4.78, 5) is 0. The molecule has 0 aromatic rings. The van der Waals surface area contributed by atoms with E-state index in [1.165, 1.54) is 19.3 Å². The summed E-state index contributed by atoms with van der Waals surface area (Å²) >= 11 is 0. The molecule has 0 N–H and O–H groups in total. The van der Waals surface area contributed by atoms with Crippen LogP contribution in [-0.4, -0.2) is 12.7 Å². The first-order valence-electron chi connectivity index (χ1n) is 4.28. The maximum atomic E-state index is 5.48. The van der Waals surface area contributed by atoms with Crippen molar-refractivity contribution in [3.05, 3.63) is 0 Å². The smallest absolute Gasteiger partial charge is 0.0552 e. The SMILES string of the molecule is CCC1(C)CCOC(C)C1. The van der Waals surface area contributed by atoms with E-state index in [-0.39, 0.29) is 0 Å². The fourth-order valence-corrected chi connectivity index (χ4v) is 1.68. The second-order valence-corrected chi connectivity index (χ2v) is 3.80. The molecule has 0 aromatic carbocycles. The molecule has 1 rings (SSSR count). The van der Waals surface area contributed by atoms with Crippen LogP contribution in [0.15, 0.2) is 0 Å². The van der Waals surface area contributed by atoms with E-state index >= 15 is 0 Å². The Morgan fingerprint density at radius 3 is 2.70 bits per heavy atom. The molecule has 0 aliphatic carbocycles. The molecule has 1 fully saturated rings. The van der Waals surface area contributed by atoms with Crippen LogP contribution in [0.2, 0.25) is 0 Å². The summed E-state index contributed by atoms with van der Waals surface area (Å²) in [5, 5.41) is 0. The number of rotatable bonds is 1. The fourth-order valence-electron chi connectivity index (χ4n) is 1.68. The summed E-state index contributed by atoms with van der Waals surface area (Å²) in [5.74, 6) is 0. The van der Waals surface area contributed by atoms with Gasteiger partial charge in [-0.05, 0) is 25.2 Å². The maximum Gasteiger partial charge on any atom is 0.0552 e. The molecular weight excluding hydrogens is 124 g/mol. The summed E-state index contributed by atoms with van der Waals surface area (Å²) in [6, 6.07) is 0. The normalized spacial score (nSPS) is 41.7. The Hall–Kier alpha value is -0.0400. The summed E-state index contributed by atoms with van der Waals surface area (Å²) in [6.07, 6.45) is 4.26. The Balaban J connectivity index is 2.45. The van der Waals surface area contributed by atoms with Crippen LogP contribution >= 0.6 is 0 Å². The topological polar surface area (TPSA) is 9.23 Å². The third kappa shape index (κ3) is 1.72. The van der Waals surface area contributed by atoms with Crippen molar-refractivity contribution >= 4 is 0 Å². The molecule has 10 heavy (non-hydrogen) atoms. The molecule has 1 saturated heterocycles. The molecular formula is C9H18O. The van der Waals surface area contributed by atoms with E-state index in [9.17, 15) is 0 Å². The van der Waals surface area contributed by atoms with Crippen molar-refractivity contribution in [1.29, 1.82) is 0 Å². The Labute approximate surface area is 63.8 Å². The van der Waals surface area contributed by atoms with E-state index in [0.717, 1.165) is 6.61 Å². The van der Waals surface area contributed by atoms with Crippen LogP contribution in [0.4, 0.5) is 0 Å². The van der Waals surface area contributed by atoms with Crippen LogP contribution in [-0.2, 0) is 4.74 Å². The third-order valence-corrected chi connectivity index (χ3v) is 2.74. The summed E-state index contributed by atoms with van der Waals surface area (Å²) in [7, 11) is 0. The highest BCUT2D eigenvalue weighted by Gasteiger charge is 2.28. The predicted octanol–water partition coefficient (Wildman–Crippen LogP) is 2.60. The molecule has 0 saturated carbocycles. The first kappa shape index (κ1) is 8.06. The standard InChI is InChI=1S/C9H18O/c1-4-9(3)5-6-10-8(2)7-9/h8H,4-7H2,1-3H3. The van der Waals surface area contributed by atoms with Gasteiger partial charge in [0.15, 0.2) is 0 Å². The van der Waals surface area contributed by atoms with Crippen LogP contribution in [0.5, 0.6) is 0 Å². The Bertz CT molecular complexity index is 111. The minimum atomic E-state index is 0.485. The molecule has 1 heteroatoms. The van der Waals surface area contributed by atoms with E-state index in [1.54, 1.807) is 0 Å². The van der Waals surface area contributed by atoms with E-state index in [0.29, 0.717) is 11.5 Å². The number of hydrogen-bond donors (Lipinski definition) is 0. The maximum absolute atomic E-state index is 5.48.